The average molecular weight is 258 g/mol. The summed E-state index contributed by atoms with van der Waals surface area (Å²) in [6.07, 6.45) is 1.86. The van der Waals surface area contributed by atoms with Crippen molar-refractivity contribution in [3.63, 3.8) is 0 Å². The summed E-state index contributed by atoms with van der Waals surface area (Å²) >= 11 is 0. The predicted octanol–water partition coefficient (Wildman–Crippen LogP) is 1.86. The molecule has 2 N–H and O–H groups in total. The third-order valence-electron chi connectivity index (χ3n) is 3.18. The van der Waals surface area contributed by atoms with Gasteiger partial charge < -0.3 is 5.73 Å². The molecular formula is C15H22N4. The molecule has 0 fully saturated rings. The van der Waals surface area contributed by atoms with Gasteiger partial charge in [-0.2, -0.15) is 5.10 Å². The molecule has 0 atom stereocenters. The van der Waals surface area contributed by atoms with Crippen LogP contribution < -0.4 is 5.73 Å². The first kappa shape index (κ1) is 13.8. The molecule has 0 saturated heterocycles. The third-order valence-corrected chi connectivity index (χ3v) is 3.18. The maximum atomic E-state index is 5.72. The van der Waals surface area contributed by atoms with Crippen LogP contribution >= 0.6 is 0 Å². The molecule has 102 valence electrons. The van der Waals surface area contributed by atoms with Crippen LogP contribution in [0.2, 0.25) is 0 Å². The lowest BCUT2D eigenvalue weighted by atomic mass is 10.2. The van der Waals surface area contributed by atoms with Crippen LogP contribution in [0.25, 0.3) is 0 Å². The van der Waals surface area contributed by atoms with E-state index in [9.17, 15) is 0 Å². The maximum Gasteiger partial charge on any atom is 0.0524 e. The Labute approximate surface area is 114 Å². The first-order chi connectivity index (χ1) is 9.33. The van der Waals surface area contributed by atoms with Crippen molar-refractivity contribution in [2.45, 2.75) is 26.6 Å². The topological polar surface area (TPSA) is 47.1 Å². The summed E-state index contributed by atoms with van der Waals surface area (Å²) in [7, 11) is 0. The lowest BCUT2D eigenvalue weighted by molar-refractivity contribution is 0.256. The fraction of sp³-hybridized carbons (Fsp3) is 0.400. The molecule has 4 heteroatoms. The Morgan fingerprint density at radius 3 is 2.63 bits per heavy atom. The van der Waals surface area contributed by atoms with E-state index in [1.54, 1.807) is 0 Å². The highest BCUT2D eigenvalue weighted by Crippen LogP contribution is 2.09. The number of aryl methyl sites for hydroxylation is 1. The highest BCUT2D eigenvalue weighted by atomic mass is 15.3. The molecule has 2 aromatic rings. The molecule has 1 heterocycles. The molecule has 0 saturated carbocycles. The molecule has 4 nitrogen and oxygen atoms in total. The second-order valence-corrected chi connectivity index (χ2v) is 4.62. The second-order valence-electron chi connectivity index (χ2n) is 4.62. The van der Waals surface area contributed by atoms with Gasteiger partial charge in [-0.1, -0.05) is 30.3 Å². The molecular weight excluding hydrogens is 236 g/mol. The van der Waals surface area contributed by atoms with Crippen LogP contribution in [0.4, 0.5) is 0 Å². The molecule has 0 aliphatic carbocycles. The van der Waals surface area contributed by atoms with Gasteiger partial charge >= 0.3 is 0 Å². The Bertz CT molecular complexity index is 478. The van der Waals surface area contributed by atoms with Gasteiger partial charge in [0.1, 0.15) is 0 Å². The quantitative estimate of drug-likeness (QED) is 0.824. The van der Waals surface area contributed by atoms with Crippen molar-refractivity contribution in [1.29, 1.82) is 0 Å². The molecule has 2 rings (SSSR count). The highest BCUT2D eigenvalue weighted by molar-refractivity contribution is 5.14. The van der Waals surface area contributed by atoms with Gasteiger partial charge in [0.05, 0.1) is 5.69 Å². The molecule has 0 radical (unpaired) electrons. The van der Waals surface area contributed by atoms with Crippen molar-refractivity contribution in [2.75, 3.05) is 13.1 Å². The van der Waals surface area contributed by atoms with Gasteiger partial charge in [0, 0.05) is 38.9 Å². The van der Waals surface area contributed by atoms with Crippen molar-refractivity contribution in [2.24, 2.45) is 5.73 Å². The zero-order valence-corrected chi connectivity index (χ0v) is 11.5. The van der Waals surface area contributed by atoms with Crippen LogP contribution in [-0.2, 0) is 19.6 Å². The smallest absolute Gasteiger partial charge is 0.0524 e. The van der Waals surface area contributed by atoms with Crippen molar-refractivity contribution in [3.8, 4) is 0 Å². The maximum absolute atomic E-state index is 5.72. The van der Waals surface area contributed by atoms with E-state index >= 15 is 0 Å². The Balaban J connectivity index is 2.04. The minimum Gasteiger partial charge on any atom is -0.329 e. The van der Waals surface area contributed by atoms with E-state index < -0.39 is 0 Å². The normalized spacial score (nSPS) is 11.1. The fourth-order valence-corrected chi connectivity index (χ4v) is 2.25. The molecule has 0 aliphatic rings. The summed E-state index contributed by atoms with van der Waals surface area (Å²) in [5, 5.41) is 4.31. The molecule has 0 bridgehead atoms. The molecule has 1 aromatic heterocycles. The van der Waals surface area contributed by atoms with Gasteiger partial charge in [0.15, 0.2) is 0 Å². The number of benzene rings is 1. The van der Waals surface area contributed by atoms with Crippen LogP contribution in [-0.4, -0.2) is 27.8 Å². The van der Waals surface area contributed by atoms with E-state index in [0.717, 1.165) is 26.2 Å². The van der Waals surface area contributed by atoms with Crippen molar-refractivity contribution >= 4 is 0 Å². The standard InChI is InChI=1S/C15H22N4/c1-2-19-15(8-10-17-19)13-18(11-9-16)12-14-6-4-3-5-7-14/h3-8,10H,2,9,11-13,16H2,1H3. The van der Waals surface area contributed by atoms with Gasteiger partial charge in [-0.25, -0.2) is 0 Å². The van der Waals surface area contributed by atoms with Crippen LogP contribution in [0.1, 0.15) is 18.2 Å². The highest BCUT2D eigenvalue weighted by Gasteiger charge is 2.09. The van der Waals surface area contributed by atoms with E-state index in [2.05, 4.69) is 47.3 Å². The van der Waals surface area contributed by atoms with Gasteiger partial charge in [-0.05, 0) is 18.6 Å². The third kappa shape index (κ3) is 3.91. The van der Waals surface area contributed by atoms with Crippen LogP contribution in [0.5, 0.6) is 0 Å². The van der Waals surface area contributed by atoms with E-state index in [-0.39, 0.29) is 0 Å². The fourth-order valence-electron chi connectivity index (χ4n) is 2.25. The summed E-state index contributed by atoms with van der Waals surface area (Å²) in [5.41, 5.74) is 8.28. The number of nitrogens with zero attached hydrogens (tertiary/aromatic N) is 3. The van der Waals surface area contributed by atoms with E-state index in [0.29, 0.717) is 6.54 Å². The van der Waals surface area contributed by atoms with Crippen LogP contribution in [0, 0.1) is 0 Å². The number of nitrogens with two attached hydrogens (primary N) is 1. The molecule has 1 aromatic carbocycles. The molecule has 0 spiro atoms. The SMILES string of the molecule is CCn1nccc1CN(CCN)Cc1ccccc1. The Morgan fingerprint density at radius 2 is 1.95 bits per heavy atom. The lowest BCUT2D eigenvalue weighted by Gasteiger charge is -2.22. The molecule has 0 amide bonds. The summed E-state index contributed by atoms with van der Waals surface area (Å²) in [5.74, 6) is 0. The summed E-state index contributed by atoms with van der Waals surface area (Å²) in [4.78, 5) is 2.36. The summed E-state index contributed by atoms with van der Waals surface area (Å²) < 4.78 is 2.04. The molecule has 0 aliphatic heterocycles. The number of hydrogen-bond donors (Lipinski definition) is 1. The van der Waals surface area contributed by atoms with Crippen molar-refractivity contribution in [1.82, 2.24) is 14.7 Å². The lowest BCUT2D eigenvalue weighted by Crippen LogP contribution is -2.29. The monoisotopic (exact) mass is 258 g/mol. The predicted molar refractivity (Wildman–Crippen MR) is 77.5 cm³/mol. The van der Waals surface area contributed by atoms with E-state index in [1.165, 1.54) is 11.3 Å². The van der Waals surface area contributed by atoms with Crippen molar-refractivity contribution < 1.29 is 0 Å². The van der Waals surface area contributed by atoms with Gasteiger partial charge in [0.2, 0.25) is 0 Å². The first-order valence-corrected chi connectivity index (χ1v) is 6.80. The van der Waals surface area contributed by atoms with Gasteiger partial charge in [-0.15, -0.1) is 0 Å². The Kier molecular flexibility index (Phi) is 5.12. The number of aromatic nitrogens is 2. The first-order valence-electron chi connectivity index (χ1n) is 6.80. The van der Waals surface area contributed by atoms with E-state index in [1.807, 2.05) is 16.9 Å². The van der Waals surface area contributed by atoms with Crippen molar-refractivity contribution in [3.05, 3.63) is 53.9 Å². The minimum absolute atomic E-state index is 0.674. The van der Waals surface area contributed by atoms with E-state index in [4.69, 9.17) is 5.73 Å². The van der Waals surface area contributed by atoms with Crippen LogP contribution in [0.15, 0.2) is 42.6 Å². The molecule has 19 heavy (non-hydrogen) atoms. The van der Waals surface area contributed by atoms with Crippen LogP contribution in [0.3, 0.4) is 0 Å². The number of hydrogen-bond acceptors (Lipinski definition) is 3. The summed E-state index contributed by atoms with van der Waals surface area (Å²) in [6, 6.07) is 12.6. The number of rotatable bonds is 7. The largest absolute Gasteiger partial charge is 0.329 e. The summed E-state index contributed by atoms with van der Waals surface area (Å²) in [6.45, 7) is 6.40. The zero-order valence-electron chi connectivity index (χ0n) is 11.5. The molecule has 0 unspecified atom stereocenters. The second kappa shape index (κ2) is 7.07. The van der Waals surface area contributed by atoms with Gasteiger partial charge in [-0.3, -0.25) is 9.58 Å². The Hall–Kier alpha value is -1.65. The zero-order chi connectivity index (χ0) is 13.5. The average Bonchev–Trinajstić information content (AvgIpc) is 2.87. The Morgan fingerprint density at radius 1 is 1.16 bits per heavy atom. The van der Waals surface area contributed by atoms with Gasteiger partial charge in [0.25, 0.3) is 0 Å². The minimum atomic E-state index is 0.674.